The van der Waals surface area contributed by atoms with Crippen LogP contribution in [0.1, 0.15) is 18.2 Å². The zero-order valence-corrected chi connectivity index (χ0v) is 20.7. The van der Waals surface area contributed by atoms with Gasteiger partial charge in [0.05, 0.1) is 11.5 Å². The number of para-hydroxylation sites is 1. The van der Waals surface area contributed by atoms with Gasteiger partial charge in [-0.2, -0.15) is 4.57 Å². The van der Waals surface area contributed by atoms with Crippen LogP contribution in [0.3, 0.4) is 0 Å². The number of ether oxygens (including phenoxy) is 1. The number of benzene rings is 3. The van der Waals surface area contributed by atoms with Crippen molar-refractivity contribution in [3.05, 3.63) is 101 Å². The SMILES string of the molecule is CCOc1ccc(/C=C/c2ccc3ccccc3[n+]2C)cc1.O=S(=O)([O-])c1ccc(Br)cc1. The largest absolute Gasteiger partial charge is 0.744 e. The van der Waals surface area contributed by atoms with Crippen LogP contribution in [0.2, 0.25) is 0 Å². The Morgan fingerprint density at radius 1 is 0.909 bits per heavy atom. The predicted molar refractivity (Wildman–Crippen MR) is 134 cm³/mol. The van der Waals surface area contributed by atoms with E-state index in [2.05, 4.69) is 88.2 Å². The van der Waals surface area contributed by atoms with E-state index < -0.39 is 10.1 Å². The Bertz CT molecular complexity index is 1350. The van der Waals surface area contributed by atoms with Crippen molar-refractivity contribution in [1.29, 1.82) is 0 Å². The summed E-state index contributed by atoms with van der Waals surface area (Å²) in [5.74, 6) is 0.913. The predicted octanol–water partition coefficient (Wildman–Crippen LogP) is 5.59. The maximum atomic E-state index is 10.4. The molecule has 0 N–H and O–H groups in total. The second-order valence-corrected chi connectivity index (χ2v) is 9.41. The van der Waals surface area contributed by atoms with Gasteiger partial charge in [0, 0.05) is 28.1 Å². The fourth-order valence-electron chi connectivity index (χ4n) is 3.15. The van der Waals surface area contributed by atoms with Crippen LogP contribution in [0.4, 0.5) is 0 Å². The Hall–Kier alpha value is -3.00. The summed E-state index contributed by atoms with van der Waals surface area (Å²) in [6, 6.07) is 26.4. The molecule has 0 saturated carbocycles. The van der Waals surface area contributed by atoms with Gasteiger partial charge in [-0.15, -0.1) is 0 Å². The molecule has 170 valence electrons. The van der Waals surface area contributed by atoms with Crippen LogP contribution in [0.25, 0.3) is 23.1 Å². The van der Waals surface area contributed by atoms with Crippen molar-refractivity contribution in [3.8, 4) is 5.75 Å². The molecule has 0 amide bonds. The zero-order chi connectivity index (χ0) is 23.8. The third-order valence-electron chi connectivity index (χ3n) is 4.86. The van der Waals surface area contributed by atoms with Crippen LogP contribution < -0.4 is 9.30 Å². The third kappa shape index (κ3) is 6.99. The minimum Gasteiger partial charge on any atom is -0.744 e. The summed E-state index contributed by atoms with van der Waals surface area (Å²) in [5, 5.41) is 1.25. The molecule has 0 aliphatic carbocycles. The number of rotatable bonds is 5. The molecule has 3 aromatic carbocycles. The first-order valence-corrected chi connectivity index (χ1v) is 12.5. The molecule has 0 bridgehead atoms. The molecule has 0 aliphatic rings. The maximum absolute atomic E-state index is 10.4. The lowest BCUT2D eigenvalue weighted by Gasteiger charge is -2.05. The lowest BCUT2D eigenvalue weighted by molar-refractivity contribution is -0.646. The summed E-state index contributed by atoms with van der Waals surface area (Å²) in [4.78, 5) is -0.208. The van der Waals surface area contributed by atoms with Crippen LogP contribution in [-0.2, 0) is 17.2 Å². The highest BCUT2D eigenvalue weighted by molar-refractivity contribution is 9.10. The first-order valence-electron chi connectivity index (χ1n) is 10.3. The molecule has 1 heterocycles. The molecule has 33 heavy (non-hydrogen) atoms. The number of halogens is 1. The second kappa shape index (κ2) is 11.2. The van der Waals surface area contributed by atoms with E-state index in [-0.39, 0.29) is 4.90 Å². The van der Waals surface area contributed by atoms with Gasteiger partial charge in [-0.1, -0.05) is 40.2 Å². The van der Waals surface area contributed by atoms with E-state index in [1.807, 2.05) is 19.1 Å². The van der Waals surface area contributed by atoms with Gasteiger partial charge in [-0.3, -0.25) is 0 Å². The summed E-state index contributed by atoms with van der Waals surface area (Å²) in [5.41, 5.74) is 3.57. The van der Waals surface area contributed by atoms with E-state index in [0.29, 0.717) is 6.61 Å². The summed E-state index contributed by atoms with van der Waals surface area (Å²) in [6.07, 6.45) is 4.27. The van der Waals surface area contributed by atoms with Gasteiger partial charge in [0.15, 0.2) is 0 Å². The Labute approximate surface area is 202 Å². The third-order valence-corrected chi connectivity index (χ3v) is 6.24. The number of aryl methyl sites for hydroxylation is 1. The van der Waals surface area contributed by atoms with E-state index in [9.17, 15) is 13.0 Å². The lowest BCUT2D eigenvalue weighted by Crippen LogP contribution is -2.32. The number of aromatic nitrogens is 1. The van der Waals surface area contributed by atoms with E-state index in [1.165, 1.54) is 40.9 Å². The zero-order valence-electron chi connectivity index (χ0n) is 18.3. The molecule has 1 aromatic heterocycles. The molecule has 0 spiro atoms. The highest BCUT2D eigenvalue weighted by Crippen LogP contribution is 2.16. The van der Waals surface area contributed by atoms with E-state index in [0.717, 1.165) is 15.8 Å². The average Bonchev–Trinajstić information content (AvgIpc) is 2.80. The van der Waals surface area contributed by atoms with Crippen molar-refractivity contribution in [2.75, 3.05) is 6.61 Å². The van der Waals surface area contributed by atoms with Gasteiger partial charge in [0.25, 0.3) is 0 Å². The average molecular weight is 526 g/mol. The van der Waals surface area contributed by atoms with Crippen molar-refractivity contribution in [2.45, 2.75) is 11.8 Å². The van der Waals surface area contributed by atoms with Crippen molar-refractivity contribution in [1.82, 2.24) is 0 Å². The molecule has 7 heteroatoms. The fourth-order valence-corrected chi connectivity index (χ4v) is 3.89. The van der Waals surface area contributed by atoms with E-state index in [4.69, 9.17) is 4.74 Å². The molecule has 0 unspecified atom stereocenters. The van der Waals surface area contributed by atoms with Crippen molar-refractivity contribution in [3.63, 3.8) is 0 Å². The van der Waals surface area contributed by atoms with Crippen LogP contribution in [0.5, 0.6) is 5.75 Å². The molecule has 0 saturated heterocycles. The molecule has 0 fully saturated rings. The Kier molecular flexibility index (Phi) is 8.38. The van der Waals surface area contributed by atoms with Crippen molar-refractivity contribution in [2.24, 2.45) is 7.05 Å². The molecular weight excluding hydrogens is 502 g/mol. The highest BCUT2D eigenvalue weighted by atomic mass is 79.9. The maximum Gasteiger partial charge on any atom is 0.212 e. The topological polar surface area (TPSA) is 70.3 Å². The summed E-state index contributed by atoms with van der Waals surface area (Å²) in [7, 11) is -2.19. The minimum atomic E-state index is -4.29. The minimum absolute atomic E-state index is 0.208. The number of fused-ring (bicyclic) bond motifs is 1. The lowest BCUT2D eigenvalue weighted by atomic mass is 10.1. The summed E-state index contributed by atoms with van der Waals surface area (Å²) in [6.45, 7) is 2.69. The quantitative estimate of drug-likeness (QED) is 0.251. The Morgan fingerprint density at radius 2 is 1.58 bits per heavy atom. The van der Waals surface area contributed by atoms with Gasteiger partial charge >= 0.3 is 0 Å². The smallest absolute Gasteiger partial charge is 0.212 e. The Balaban J connectivity index is 0.000000235. The molecule has 0 radical (unpaired) electrons. The van der Waals surface area contributed by atoms with Crippen molar-refractivity contribution < 1.29 is 22.3 Å². The molecule has 0 atom stereocenters. The van der Waals surface area contributed by atoms with E-state index >= 15 is 0 Å². The first-order chi connectivity index (χ1) is 15.8. The molecule has 0 aliphatic heterocycles. The van der Waals surface area contributed by atoms with Gasteiger partial charge in [-0.05, 0) is 67.1 Å². The number of pyridine rings is 1. The number of hydrogen-bond donors (Lipinski definition) is 0. The van der Waals surface area contributed by atoms with Crippen molar-refractivity contribution >= 4 is 49.1 Å². The summed E-state index contributed by atoms with van der Waals surface area (Å²) >= 11 is 3.12. The molecular formula is C26H24BrNO4S. The highest BCUT2D eigenvalue weighted by Gasteiger charge is 2.08. The van der Waals surface area contributed by atoms with Crippen LogP contribution in [0.15, 0.2) is 94.3 Å². The second-order valence-electron chi connectivity index (χ2n) is 7.12. The molecule has 4 aromatic rings. The Morgan fingerprint density at radius 3 is 2.21 bits per heavy atom. The van der Waals surface area contributed by atoms with E-state index in [1.54, 1.807) is 0 Å². The van der Waals surface area contributed by atoms with Gasteiger partial charge < -0.3 is 9.29 Å². The summed E-state index contributed by atoms with van der Waals surface area (Å²) < 4.78 is 39.5. The molecule has 5 nitrogen and oxygen atoms in total. The van der Waals surface area contributed by atoms with Gasteiger partial charge in [0.2, 0.25) is 11.2 Å². The normalized spacial score (nSPS) is 11.3. The number of hydrogen-bond acceptors (Lipinski definition) is 4. The van der Waals surface area contributed by atoms with Crippen LogP contribution in [-0.4, -0.2) is 19.6 Å². The first kappa shape index (κ1) is 24.6. The fraction of sp³-hybridized carbons (Fsp3) is 0.115. The van der Waals surface area contributed by atoms with Gasteiger partial charge in [0.1, 0.15) is 22.9 Å². The monoisotopic (exact) mass is 525 g/mol. The standard InChI is InChI=1S/C20H20NO.C6H5BrO3S/c1-3-22-19-14-9-16(10-15-19)8-12-18-13-11-17-6-4-5-7-20(17)21(18)2;7-5-1-3-6(4-2-5)11(8,9)10/h4-15H,3H2,1-2H3;1-4H,(H,8,9,10)/q+1;/p-1/b12-8+;. The van der Waals surface area contributed by atoms with Crippen LogP contribution >= 0.6 is 15.9 Å². The van der Waals surface area contributed by atoms with Crippen LogP contribution in [0, 0.1) is 0 Å². The van der Waals surface area contributed by atoms with Gasteiger partial charge in [-0.25, -0.2) is 8.42 Å². The number of nitrogens with zero attached hydrogens (tertiary/aromatic N) is 1. The molecule has 4 rings (SSSR count).